The summed E-state index contributed by atoms with van der Waals surface area (Å²) < 4.78 is 0. The van der Waals surface area contributed by atoms with Crippen LogP contribution in [0.5, 0.6) is 0 Å². The van der Waals surface area contributed by atoms with Crippen molar-refractivity contribution in [2.45, 2.75) is 25.6 Å². The van der Waals surface area contributed by atoms with Gasteiger partial charge in [-0.15, -0.1) is 0 Å². The van der Waals surface area contributed by atoms with Crippen molar-refractivity contribution in [3.63, 3.8) is 0 Å². The number of rotatable bonds is 1. The Morgan fingerprint density at radius 2 is 1.57 bits per heavy atom. The van der Waals surface area contributed by atoms with Crippen LogP contribution < -0.4 is 5.32 Å². The van der Waals surface area contributed by atoms with E-state index < -0.39 is 0 Å². The summed E-state index contributed by atoms with van der Waals surface area (Å²) in [5.41, 5.74) is 4.99. The van der Waals surface area contributed by atoms with Crippen LogP contribution in [0.4, 0.5) is 0 Å². The van der Waals surface area contributed by atoms with Crippen LogP contribution in [0.25, 0.3) is 0 Å². The van der Waals surface area contributed by atoms with Crippen LogP contribution in [-0.2, 0) is 24.3 Å². The van der Waals surface area contributed by atoms with Crippen molar-refractivity contribution in [3.05, 3.63) is 70.8 Å². The van der Waals surface area contributed by atoms with Crippen molar-refractivity contribution in [1.29, 1.82) is 0 Å². The summed E-state index contributed by atoms with van der Waals surface area (Å²) in [4.78, 5) is 14.9. The fourth-order valence-electron chi connectivity index (χ4n) is 3.40. The van der Waals surface area contributed by atoms with Gasteiger partial charge < -0.3 is 10.2 Å². The maximum atomic E-state index is 12.9. The Hall–Kier alpha value is -2.13. The van der Waals surface area contributed by atoms with Crippen LogP contribution in [0.3, 0.4) is 0 Å². The van der Waals surface area contributed by atoms with Gasteiger partial charge in [0.25, 0.3) is 0 Å². The van der Waals surface area contributed by atoms with Crippen molar-refractivity contribution >= 4 is 5.91 Å². The third-order valence-electron chi connectivity index (χ3n) is 4.51. The van der Waals surface area contributed by atoms with Gasteiger partial charge >= 0.3 is 0 Å². The summed E-state index contributed by atoms with van der Waals surface area (Å²) in [6.07, 6.45) is 1.00. The summed E-state index contributed by atoms with van der Waals surface area (Å²) in [6.45, 7) is 2.33. The molecule has 2 aliphatic rings. The second-order valence-corrected chi connectivity index (χ2v) is 5.80. The lowest BCUT2D eigenvalue weighted by Gasteiger charge is -2.29. The van der Waals surface area contributed by atoms with Crippen LogP contribution in [0.2, 0.25) is 0 Å². The SMILES string of the molecule is O=C(C1NCCc2ccccc21)N1Cc2ccccc2C1. The second-order valence-electron chi connectivity index (χ2n) is 5.80. The Labute approximate surface area is 124 Å². The molecule has 0 bridgehead atoms. The number of carbonyl (C=O) groups is 1. The molecule has 0 saturated carbocycles. The Balaban J connectivity index is 1.60. The van der Waals surface area contributed by atoms with Gasteiger partial charge in [-0.1, -0.05) is 48.5 Å². The molecule has 3 heteroatoms. The molecule has 106 valence electrons. The minimum atomic E-state index is -0.190. The van der Waals surface area contributed by atoms with E-state index in [1.165, 1.54) is 16.7 Å². The summed E-state index contributed by atoms with van der Waals surface area (Å²) >= 11 is 0. The van der Waals surface area contributed by atoms with E-state index in [1.54, 1.807) is 0 Å². The number of nitrogens with zero attached hydrogens (tertiary/aromatic N) is 1. The second kappa shape index (κ2) is 5.01. The molecular formula is C18H18N2O. The predicted octanol–water partition coefficient (Wildman–Crippen LogP) is 2.42. The minimum Gasteiger partial charge on any atom is -0.332 e. The Morgan fingerprint density at radius 3 is 2.29 bits per heavy atom. The third kappa shape index (κ3) is 2.14. The van der Waals surface area contributed by atoms with Crippen molar-refractivity contribution < 1.29 is 4.79 Å². The zero-order valence-corrected chi connectivity index (χ0v) is 11.9. The summed E-state index contributed by atoms with van der Waals surface area (Å²) in [5.74, 6) is 0.193. The van der Waals surface area contributed by atoms with Gasteiger partial charge in [0.2, 0.25) is 5.91 Å². The van der Waals surface area contributed by atoms with Gasteiger partial charge in [-0.3, -0.25) is 4.79 Å². The van der Waals surface area contributed by atoms with Crippen molar-refractivity contribution in [2.24, 2.45) is 0 Å². The molecule has 21 heavy (non-hydrogen) atoms. The number of amides is 1. The van der Waals surface area contributed by atoms with E-state index >= 15 is 0 Å². The van der Waals surface area contributed by atoms with Gasteiger partial charge in [0, 0.05) is 19.6 Å². The topological polar surface area (TPSA) is 32.3 Å². The first kappa shape index (κ1) is 12.6. The number of hydrogen-bond acceptors (Lipinski definition) is 2. The van der Waals surface area contributed by atoms with Crippen molar-refractivity contribution in [3.8, 4) is 0 Å². The molecule has 1 N–H and O–H groups in total. The molecule has 3 nitrogen and oxygen atoms in total. The van der Waals surface area contributed by atoms with Crippen LogP contribution in [-0.4, -0.2) is 17.4 Å². The van der Waals surface area contributed by atoms with E-state index in [0.29, 0.717) is 0 Å². The van der Waals surface area contributed by atoms with Crippen LogP contribution >= 0.6 is 0 Å². The van der Waals surface area contributed by atoms with E-state index in [-0.39, 0.29) is 11.9 Å². The molecule has 0 fully saturated rings. The molecule has 0 aliphatic carbocycles. The molecule has 0 radical (unpaired) electrons. The fourth-order valence-corrected chi connectivity index (χ4v) is 3.40. The molecule has 4 rings (SSSR count). The molecule has 1 amide bonds. The number of fused-ring (bicyclic) bond motifs is 2. The number of hydrogen-bond donors (Lipinski definition) is 1. The monoisotopic (exact) mass is 278 g/mol. The highest BCUT2D eigenvalue weighted by Crippen LogP contribution is 2.29. The summed E-state index contributed by atoms with van der Waals surface area (Å²) in [7, 11) is 0. The predicted molar refractivity (Wildman–Crippen MR) is 81.6 cm³/mol. The lowest BCUT2D eigenvalue weighted by Crippen LogP contribution is -2.41. The number of nitrogens with one attached hydrogen (secondary N) is 1. The molecule has 2 aromatic rings. The highest BCUT2D eigenvalue weighted by molar-refractivity contribution is 5.84. The van der Waals surface area contributed by atoms with Crippen LogP contribution in [0.15, 0.2) is 48.5 Å². The Morgan fingerprint density at radius 1 is 0.952 bits per heavy atom. The standard InChI is InChI=1S/C18H18N2O/c21-18(20-11-14-6-1-2-7-15(14)12-20)17-16-8-4-3-5-13(16)9-10-19-17/h1-8,17,19H,9-12H2. The molecular weight excluding hydrogens is 260 g/mol. The Kier molecular flexibility index (Phi) is 3.00. The van der Waals surface area contributed by atoms with E-state index in [9.17, 15) is 4.79 Å². The maximum Gasteiger partial charge on any atom is 0.244 e. The normalized spacial score (nSPS) is 20.0. The number of carbonyl (C=O) groups excluding carboxylic acids is 1. The molecule has 2 aliphatic heterocycles. The molecule has 0 spiro atoms. The van der Waals surface area contributed by atoms with Gasteiger partial charge in [-0.25, -0.2) is 0 Å². The fraction of sp³-hybridized carbons (Fsp3) is 0.278. The number of benzene rings is 2. The average molecular weight is 278 g/mol. The Bertz CT molecular complexity index is 670. The first-order valence-electron chi connectivity index (χ1n) is 7.50. The van der Waals surface area contributed by atoms with E-state index in [1.807, 2.05) is 23.1 Å². The first-order chi connectivity index (χ1) is 10.3. The van der Waals surface area contributed by atoms with Gasteiger partial charge in [0.05, 0.1) is 0 Å². The zero-order valence-electron chi connectivity index (χ0n) is 11.9. The van der Waals surface area contributed by atoms with E-state index in [2.05, 4.69) is 35.6 Å². The van der Waals surface area contributed by atoms with Gasteiger partial charge in [0.15, 0.2) is 0 Å². The van der Waals surface area contributed by atoms with Gasteiger partial charge in [-0.2, -0.15) is 0 Å². The van der Waals surface area contributed by atoms with E-state index in [0.717, 1.165) is 31.6 Å². The van der Waals surface area contributed by atoms with Crippen LogP contribution in [0.1, 0.15) is 28.3 Å². The maximum absolute atomic E-state index is 12.9. The molecule has 0 aromatic heterocycles. The third-order valence-corrected chi connectivity index (χ3v) is 4.51. The summed E-state index contributed by atoms with van der Waals surface area (Å²) in [5, 5.41) is 3.39. The molecule has 0 saturated heterocycles. The molecule has 1 unspecified atom stereocenters. The molecule has 2 aromatic carbocycles. The highest BCUT2D eigenvalue weighted by Gasteiger charge is 2.32. The smallest absolute Gasteiger partial charge is 0.244 e. The quantitative estimate of drug-likeness (QED) is 0.869. The van der Waals surface area contributed by atoms with Crippen LogP contribution in [0, 0.1) is 0 Å². The highest BCUT2D eigenvalue weighted by atomic mass is 16.2. The van der Waals surface area contributed by atoms with Crippen molar-refractivity contribution in [2.75, 3.05) is 6.54 Å². The summed E-state index contributed by atoms with van der Waals surface area (Å²) in [6, 6.07) is 16.4. The minimum absolute atomic E-state index is 0.190. The largest absolute Gasteiger partial charge is 0.332 e. The molecule has 1 atom stereocenters. The van der Waals surface area contributed by atoms with Gasteiger partial charge in [-0.05, 0) is 28.7 Å². The lowest BCUT2D eigenvalue weighted by atomic mass is 9.93. The average Bonchev–Trinajstić information content (AvgIpc) is 2.97. The van der Waals surface area contributed by atoms with E-state index in [4.69, 9.17) is 0 Å². The van der Waals surface area contributed by atoms with Gasteiger partial charge in [0.1, 0.15) is 6.04 Å². The van der Waals surface area contributed by atoms with Crippen molar-refractivity contribution in [1.82, 2.24) is 10.2 Å². The lowest BCUT2D eigenvalue weighted by molar-refractivity contribution is -0.134. The first-order valence-corrected chi connectivity index (χ1v) is 7.50. The molecule has 2 heterocycles. The zero-order chi connectivity index (χ0) is 14.2.